The standard InChI is InChI=1S/C54H68N10O14S2/c1-32-28-64(51(70)60-47(32)66)46-27-40(61-62-56)44(76-46)31-75-52(71)73-20-22-79-80-23-21-74-53(72)77-43(30-63-29-36-16-9-8-15-35(36)25-42(63)50(69)78-54(2,3)4)39(24-33-12-6-5-7-13-33)58-49(68)41(26-45(55)65)59-48(67)38-19-18-34-14-10-11-17-37(34)57-38/h5-7,10-14,17-19,28,35-36,39-44,46H,8-9,15-16,20-27,29-31H2,1-4H3,(H2,55,65)(H,58,68)(H,59,67)(H,60,66,70)/t35-,36+,39-,40-,41?,42-,43+,44+,46+/m0/s1. The van der Waals surface area contributed by atoms with Crippen LogP contribution in [0.5, 0.6) is 0 Å². The molecule has 2 aromatic carbocycles. The fourth-order valence-electron chi connectivity index (χ4n) is 10.1. The summed E-state index contributed by atoms with van der Waals surface area (Å²) in [4.78, 5) is 117. The average Bonchev–Trinajstić information content (AvgIpc) is 3.85. The molecular formula is C54H68N10O14S2. The summed E-state index contributed by atoms with van der Waals surface area (Å²) < 4.78 is 35.2. The SMILES string of the molecule is Cc1cn([C@H]2C[C@H](N=[N+]=[N-])[C@@H](COC(=O)OCCSSCCOC(=O)O[C@H](CN3C[C@H]4CCCC[C@H]4C[C@H]3C(=O)OC(C)(C)C)[C@H](Cc3ccccc3)NC(=O)C(CC(N)=O)NC(=O)c3ccc4ccccc4n3)O2)c(=O)[nH]c1=O. The number of benzene rings is 2. The van der Waals surface area contributed by atoms with Gasteiger partial charge in [-0.1, -0.05) is 101 Å². The third-order valence-electron chi connectivity index (χ3n) is 13.9. The molecule has 5 N–H and O–H groups in total. The Labute approximate surface area is 469 Å². The smallest absolute Gasteiger partial charge is 0.459 e. The van der Waals surface area contributed by atoms with Gasteiger partial charge in [-0.2, -0.15) is 0 Å². The first-order valence-corrected chi connectivity index (χ1v) is 29.0. The zero-order valence-electron chi connectivity index (χ0n) is 45.0. The van der Waals surface area contributed by atoms with Gasteiger partial charge in [-0.05, 0) is 82.0 Å². The zero-order chi connectivity index (χ0) is 57.3. The quantitative estimate of drug-likeness (QED) is 0.0118. The van der Waals surface area contributed by atoms with Crippen molar-refractivity contribution in [3.05, 3.63) is 121 Å². The minimum atomic E-state index is -1.47. The third kappa shape index (κ3) is 17.7. The number of rotatable bonds is 24. The van der Waals surface area contributed by atoms with Crippen molar-refractivity contribution in [2.45, 2.75) is 127 Å². The first kappa shape index (κ1) is 60.5. The van der Waals surface area contributed by atoms with Crippen LogP contribution in [0.2, 0.25) is 0 Å². The van der Waals surface area contributed by atoms with Crippen LogP contribution in [0, 0.1) is 18.8 Å². The van der Waals surface area contributed by atoms with Crippen LogP contribution >= 0.6 is 21.6 Å². The monoisotopic (exact) mass is 1140 g/mol. The molecular weight excluding hydrogens is 1080 g/mol. The van der Waals surface area contributed by atoms with E-state index in [0.29, 0.717) is 24.2 Å². The lowest BCUT2D eigenvalue weighted by Gasteiger charge is -2.46. The molecule has 0 radical (unpaired) electrons. The number of piperidine rings is 1. The molecule has 0 bridgehead atoms. The minimum absolute atomic E-state index is 0.00622. The van der Waals surface area contributed by atoms with Gasteiger partial charge in [0.15, 0.2) is 0 Å². The largest absolute Gasteiger partial charge is 0.508 e. The topological polar surface area (TPSA) is 328 Å². The van der Waals surface area contributed by atoms with E-state index in [4.69, 9.17) is 39.7 Å². The molecule has 2 aliphatic heterocycles. The zero-order valence-corrected chi connectivity index (χ0v) is 46.7. The van der Waals surface area contributed by atoms with Crippen molar-refractivity contribution in [2.75, 3.05) is 44.4 Å². The number of primary amides is 1. The van der Waals surface area contributed by atoms with Crippen molar-refractivity contribution in [3.8, 4) is 0 Å². The van der Waals surface area contributed by atoms with E-state index in [1.807, 2.05) is 47.4 Å². The molecule has 1 saturated carbocycles. The number of pyridine rings is 1. The maximum Gasteiger partial charge on any atom is 0.508 e. The predicted octanol–water partition coefficient (Wildman–Crippen LogP) is 6.04. The summed E-state index contributed by atoms with van der Waals surface area (Å²) in [6, 6.07) is 15.6. The molecule has 80 heavy (non-hydrogen) atoms. The number of nitrogens with zero attached hydrogens (tertiary/aromatic N) is 6. The van der Waals surface area contributed by atoms with Gasteiger partial charge in [0, 0.05) is 53.1 Å². The second-order valence-corrected chi connectivity index (χ2v) is 23.6. The Balaban J connectivity index is 0.990. The van der Waals surface area contributed by atoms with Crippen molar-refractivity contribution in [1.29, 1.82) is 0 Å². The van der Waals surface area contributed by atoms with E-state index < -0.39 is 102 Å². The number of carbonyl (C=O) groups is 6. The van der Waals surface area contributed by atoms with E-state index in [1.54, 1.807) is 39.0 Å². The predicted molar refractivity (Wildman–Crippen MR) is 296 cm³/mol. The molecule has 24 nitrogen and oxygen atoms in total. The van der Waals surface area contributed by atoms with E-state index in [1.165, 1.54) is 45.3 Å². The number of hydrogen-bond donors (Lipinski definition) is 4. The number of aryl methyl sites for hydroxylation is 1. The van der Waals surface area contributed by atoms with Gasteiger partial charge in [-0.25, -0.2) is 19.4 Å². The molecule has 7 rings (SSSR count). The number of aromatic nitrogens is 3. The molecule has 2 saturated heterocycles. The summed E-state index contributed by atoms with van der Waals surface area (Å²) in [5.41, 5.74) is 14.3. The number of para-hydroxylation sites is 1. The number of fused-ring (bicyclic) bond motifs is 2. The Morgan fingerprint density at radius 3 is 2.33 bits per heavy atom. The van der Waals surface area contributed by atoms with Crippen LogP contribution in [0.1, 0.15) is 93.6 Å². The van der Waals surface area contributed by atoms with Gasteiger partial charge in [0.25, 0.3) is 11.5 Å². The number of azide groups is 1. The lowest BCUT2D eigenvalue weighted by Crippen LogP contribution is -2.60. The van der Waals surface area contributed by atoms with Crippen molar-refractivity contribution in [1.82, 2.24) is 30.1 Å². The van der Waals surface area contributed by atoms with Crippen LogP contribution in [0.25, 0.3) is 21.3 Å². The van der Waals surface area contributed by atoms with Gasteiger partial charge in [-0.3, -0.25) is 38.4 Å². The van der Waals surface area contributed by atoms with Crippen LogP contribution in [0.4, 0.5) is 9.59 Å². The molecule has 3 fully saturated rings. The maximum atomic E-state index is 14.5. The fraction of sp³-hybridized carbons (Fsp3) is 0.537. The van der Waals surface area contributed by atoms with Crippen LogP contribution in [0.3, 0.4) is 0 Å². The molecule has 1 aliphatic carbocycles. The van der Waals surface area contributed by atoms with Crippen LogP contribution in [0.15, 0.2) is 87.6 Å². The Bertz CT molecular complexity index is 2990. The highest BCUT2D eigenvalue weighted by atomic mass is 33.1. The number of amides is 3. The third-order valence-corrected chi connectivity index (χ3v) is 16.2. The normalized spacial score (nSPS) is 21.1. The summed E-state index contributed by atoms with van der Waals surface area (Å²) in [5.74, 6) is -1.64. The van der Waals surface area contributed by atoms with Crippen LogP contribution in [-0.4, -0.2) is 142 Å². The summed E-state index contributed by atoms with van der Waals surface area (Å²) in [5, 5.41) is 10.1. The first-order valence-electron chi connectivity index (χ1n) is 26.5. The van der Waals surface area contributed by atoms with Crippen LogP contribution in [-0.2, 0) is 49.2 Å². The van der Waals surface area contributed by atoms with Gasteiger partial charge in [-0.15, -0.1) is 0 Å². The highest BCUT2D eigenvalue weighted by molar-refractivity contribution is 8.76. The Kier molecular flexibility index (Phi) is 21.8. The summed E-state index contributed by atoms with van der Waals surface area (Å²) in [6.45, 7) is 6.90. The first-order chi connectivity index (χ1) is 38.3. The molecule has 4 heterocycles. The second kappa shape index (κ2) is 28.9. The second-order valence-electron chi connectivity index (χ2n) is 20.9. The van der Waals surface area contributed by atoms with Gasteiger partial charge in [0.2, 0.25) is 11.8 Å². The highest BCUT2D eigenvalue weighted by Gasteiger charge is 2.44. The van der Waals surface area contributed by atoms with Gasteiger partial charge in [0.1, 0.15) is 61.6 Å². The lowest BCUT2D eigenvalue weighted by atomic mass is 9.72. The molecule has 4 aromatic rings. The number of nitrogens with one attached hydrogen (secondary N) is 3. The molecule has 1 unspecified atom stereocenters. The molecule has 3 amide bonds. The van der Waals surface area contributed by atoms with Crippen molar-refractivity contribution >= 4 is 68.5 Å². The van der Waals surface area contributed by atoms with E-state index >= 15 is 0 Å². The Morgan fingerprint density at radius 1 is 0.912 bits per heavy atom. The molecule has 0 spiro atoms. The molecule has 2 aromatic heterocycles. The molecule has 26 heteroatoms. The average molecular weight is 1150 g/mol. The number of likely N-dealkylation sites (tertiary alicyclic amines) is 1. The number of ether oxygens (including phenoxy) is 6. The Hall–Kier alpha value is -7.12. The summed E-state index contributed by atoms with van der Waals surface area (Å²) in [6.07, 6.45) is 0.508. The number of H-pyrrole nitrogens is 1. The summed E-state index contributed by atoms with van der Waals surface area (Å²) in [7, 11) is 2.65. The van der Waals surface area contributed by atoms with Crippen molar-refractivity contribution in [3.63, 3.8) is 0 Å². The number of carbonyl (C=O) groups excluding carboxylic acids is 6. The number of nitrogens with two attached hydrogens (primary N) is 1. The van der Waals surface area contributed by atoms with E-state index in [2.05, 4.69) is 30.6 Å². The number of esters is 1. The maximum absolute atomic E-state index is 14.5. The molecule has 3 aliphatic rings. The van der Waals surface area contributed by atoms with E-state index in [9.17, 15) is 38.4 Å². The fourth-order valence-corrected chi connectivity index (χ4v) is 11.7. The lowest BCUT2D eigenvalue weighted by molar-refractivity contribution is -0.166. The summed E-state index contributed by atoms with van der Waals surface area (Å²) >= 11 is 0. The molecule has 430 valence electrons. The Morgan fingerprint density at radius 2 is 1.61 bits per heavy atom. The van der Waals surface area contributed by atoms with E-state index in [0.717, 1.165) is 36.6 Å². The number of aromatic amines is 1. The van der Waals surface area contributed by atoms with Gasteiger partial charge in [0.05, 0.1) is 24.0 Å². The van der Waals surface area contributed by atoms with Crippen molar-refractivity contribution < 1.29 is 57.2 Å². The van der Waals surface area contributed by atoms with Crippen molar-refractivity contribution in [2.24, 2.45) is 22.7 Å². The van der Waals surface area contributed by atoms with Crippen LogP contribution < -0.4 is 27.6 Å². The molecule has 9 atom stereocenters. The van der Waals surface area contributed by atoms with E-state index in [-0.39, 0.29) is 68.1 Å². The minimum Gasteiger partial charge on any atom is -0.459 e. The van der Waals surface area contributed by atoms with Gasteiger partial charge >= 0.3 is 24.0 Å². The highest BCUT2D eigenvalue weighted by Crippen LogP contribution is 2.40. The number of hydrogen-bond acceptors (Lipinski definition) is 19. The van der Waals surface area contributed by atoms with Gasteiger partial charge < -0.3 is 44.8 Å².